The van der Waals surface area contributed by atoms with Crippen LogP contribution >= 0.6 is 0 Å². The Labute approximate surface area is 160 Å². The van der Waals surface area contributed by atoms with Crippen molar-refractivity contribution in [2.75, 3.05) is 45.9 Å². The number of hydrogen-bond donors (Lipinski definition) is 3. The van der Waals surface area contributed by atoms with E-state index in [4.69, 9.17) is 4.74 Å². The Balaban J connectivity index is 1.42. The number of rotatable bonds is 6. The van der Waals surface area contributed by atoms with Crippen LogP contribution in [0, 0.1) is 25.7 Å². The molecule has 150 valence electrons. The van der Waals surface area contributed by atoms with Crippen molar-refractivity contribution in [3.05, 3.63) is 17.0 Å². The minimum atomic E-state index is -0.147. The highest BCUT2D eigenvalue weighted by Gasteiger charge is 2.33. The second-order valence-corrected chi connectivity index (χ2v) is 7.53. The summed E-state index contributed by atoms with van der Waals surface area (Å²) in [6.07, 6.45) is 2.40. The molecule has 0 unspecified atom stereocenters. The van der Waals surface area contributed by atoms with Crippen molar-refractivity contribution in [3.63, 3.8) is 0 Å². The maximum absolute atomic E-state index is 12.7. The zero-order chi connectivity index (χ0) is 19.2. The molecule has 3 N–H and O–H groups in total. The van der Waals surface area contributed by atoms with Gasteiger partial charge in [-0.25, -0.2) is 0 Å². The van der Waals surface area contributed by atoms with Gasteiger partial charge in [-0.3, -0.25) is 14.7 Å². The monoisotopic (exact) mass is 377 g/mol. The summed E-state index contributed by atoms with van der Waals surface area (Å²) in [5, 5.41) is 13.5. The molecule has 8 heteroatoms. The predicted molar refractivity (Wildman–Crippen MR) is 101 cm³/mol. The van der Waals surface area contributed by atoms with Crippen molar-refractivity contribution >= 4 is 11.8 Å². The molecule has 2 fully saturated rings. The molecule has 8 nitrogen and oxygen atoms in total. The van der Waals surface area contributed by atoms with Crippen LogP contribution < -0.4 is 10.6 Å². The van der Waals surface area contributed by atoms with Crippen LogP contribution in [0.15, 0.2) is 0 Å². The maximum Gasteiger partial charge on any atom is 0.227 e. The Bertz CT molecular complexity index is 634. The summed E-state index contributed by atoms with van der Waals surface area (Å²) < 4.78 is 5.31. The van der Waals surface area contributed by atoms with Crippen LogP contribution in [-0.2, 0) is 20.7 Å². The van der Waals surface area contributed by atoms with Gasteiger partial charge in [0.05, 0.1) is 30.7 Å². The smallest absolute Gasteiger partial charge is 0.227 e. The number of aromatic amines is 1. The van der Waals surface area contributed by atoms with E-state index in [2.05, 4.69) is 20.8 Å². The van der Waals surface area contributed by atoms with Crippen LogP contribution in [0.25, 0.3) is 0 Å². The first-order valence-corrected chi connectivity index (χ1v) is 9.91. The lowest BCUT2D eigenvalue weighted by atomic mass is 9.88. The number of aromatic nitrogens is 2. The summed E-state index contributed by atoms with van der Waals surface area (Å²) >= 11 is 0. The molecule has 0 radical (unpaired) electrons. The number of aryl methyl sites for hydroxylation is 2. The summed E-state index contributed by atoms with van der Waals surface area (Å²) in [6, 6.07) is 0. The topological polar surface area (TPSA) is 99.3 Å². The molecule has 1 aromatic rings. The lowest BCUT2D eigenvalue weighted by Gasteiger charge is -2.34. The van der Waals surface area contributed by atoms with Crippen molar-refractivity contribution in [3.8, 4) is 0 Å². The van der Waals surface area contributed by atoms with E-state index in [1.54, 1.807) is 0 Å². The Morgan fingerprint density at radius 2 is 1.96 bits per heavy atom. The van der Waals surface area contributed by atoms with E-state index >= 15 is 0 Å². The average molecular weight is 377 g/mol. The van der Waals surface area contributed by atoms with Crippen LogP contribution in [0.4, 0.5) is 0 Å². The largest absolute Gasteiger partial charge is 0.378 e. The van der Waals surface area contributed by atoms with Crippen LogP contribution in [0.3, 0.4) is 0 Å². The van der Waals surface area contributed by atoms with Gasteiger partial charge in [0.25, 0.3) is 0 Å². The highest BCUT2D eigenvalue weighted by molar-refractivity contribution is 5.83. The average Bonchev–Trinajstić information content (AvgIpc) is 3.03. The third-order valence-corrected chi connectivity index (χ3v) is 5.58. The fourth-order valence-electron chi connectivity index (χ4n) is 3.94. The number of carbonyl (C=O) groups is 2. The lowest BCUT2D eigenvalue weighted by Crippen LogP contribution is -2.51. The molecule has 0 bridgehead atoms. The minimum Gasteiger partial charge on any atom is -0.378 e. The van der Waals surface area contributed by atoms with E-state index in [9.17, 15) is 9.59 Å². The molecule has 0 spiro atoms. The second kappa shape index (κ2) is 9.32. The van der Waals surface area contributed by atoms with Crippen molar-refractivity contribution in [1.82, 2.24) is 25.7 Å². The molecule has 2 atom stereocenters. The van der Waals surface area contributed by atoms with Gasteiger partial charge in [0.2, 0.25) is 11.8 Å². The normalized spacial score (nSPS) is 23.3. The van der Waals surface area contributed by atoms with Crippen molar-refractivity contribution in [2.45, 2.75) is 33.1 Å². The highest BCUT2D eigenvalue weighted by atomic mass is 16.5. The molecule has 2 saturated heterocycles. The van der Waals surface area contributed by atoms with E-state index in [-0.39, 0.29) is 23.7 Å². The highest BCUT2D eigenvalue weighted by Crippen LogP contribution is 2.20. The van der Waals surface area contributed by atoms with Crippen LogP contribution in [-0.4, -0.2) is 72.8 Å². The fraction of sp³-hybridized carbons (Fsp3) is 0.737. The first-order chi connectivity index (χ1) is 13.1. The summed E-state index contributed by atoms with van der Waals surface area (Å²) in [6.45, 7) is 8.46. The van der Waals surface area contributed by atoms with E-state index in [1.807, 2.05) is 18.7 Å². The Morgan fingerprint density at radius 3 is 2.67 bits per heavy atom. The molecule has 0 aromatic carbocycles. The van der Waals surface area contributed by atoms with E-state index in [1.165, 1.54) is 5.56 Å². The molecule has 27 heavy (non-hydrogen) atoms. The number of nitrogens with one attached hydrogen (secondary N) is 3. The number of ether oxygens (including phenoxy) is 1. The minimum absolute atomic E-state index is 0.0441. The number of hydrogen-bond acceptors (Lipinski definition) is 5. The molecule has 1 aromatic heterocycles. The fourth-order valence-corrected chi connectivity index (χ4v) is 3.94. The maximum atomic E-state index is 12.7. The van der Waals surface area contributed by atoms with Gasteiger partial charge in [0, 0.05) is 38.4 Å². The van der Waals surface area contributed by atoms with Gasteiger partial charge in [-0.05, 0) is 38.7 Å². The molecule has 0 saturated carbocycles. The zero-order valence-electron chi connectivity index (χ0n) is 16.3. The van der Waals surface area contributed by atoms with Crippen LogP contribution in [0.2, 0.25) is 0 Å². The predicted octanol–water partition coefficient (Wildman–Crippen LogP) is 0.160. The SMILES string of the molecule is Cc1n[nH]c(C)c1CCCNC(=O)[C@H]1CNC[C@H](C(=O)N2CCOCC2)C1. The second-order valence-electron chi connectivity index (χ2n) is 7.53. The third-order valence-electron chi connectivity index (χ3n) is 5.58. The molecular weight excluding hydrogens is 346 g/mol. The molecule has 2 aliphatic rings. The molecule has 2 aliphatic heterocycles. The molecule has 2 amide bonds. The van der Waals surface area contributed by atoms with Gasteiger partial charge in [-0.1, -0.05) is 0 Å². The molecule has 0 aliphatic carbocycles. The van der Waals surface area contributed by atoms with Crippen molar-refractivity contribution < 1.29 is 14.3 Å². The van der Waals surface area contributed by atoms with E-state index in [0.717, 1.165) is 24.2 Å². The first kappa shape index (κ1) is 19.8. The molecular formula is C19H31N5O3. The summed E-state index contributed by atoms with van der Waals surface area (Å²) in [5.41, 5.74) is 3.36. The van der Waals surface area contributed by atoms with Crippen molar-refractivity contribution in [1.29, 1.82) is 0 Å². The number of piperidine rings is 1. The molecule has 3 heterocycles. The van der Waals surface area contributed by atoms with Crippen molar-refractivity contribution in [2.24, 2.45) is 11.8 Å². The number of H-pyrrole nitrogens is 1. The Hall–Kier alpha value is -1.93. The summed E-state index contributed by atoms with van der Waals surface area (Å²) in [4.78, 5) is 27.1. The number of nitrogens with zero attached hydrogens (tertiary/aromatic N) is 2. The number of amides is 2. The lowest BCUT2D eigenvalue weighted by molar-refractivity contribution is -0.141. The zero-order valence-corrected chi connectivity index (χ0v) is 16.3. The number of carbonyl (C=O) groups excluding carboxylic acids is 2. The van der Waals surface area contributed by atoms with Gasteiger partial charge in [-0.2, -0.15) is 5.10 Å². The summed E-state index contributed by atoms with van der Waals surface area (Å²) in [5.74, 6) is -0.0770. The van der Waals surface area contributed by atoms with Gasteiger partial charge in [-0.15, -0.1) is 0 Å². The van der Waals surface area contributed by atoms with Gasteiger partial charge < -0.3 is 20.3 Å². The van der Waals surface area contributed by atoms with E-state index in [0.29, 0.717) is 52.4 Å². The molecule has 3 rings (SSSR count). The number of morpholine rings is 1. The van der Waals surface area contributed by atoms with Gasteiger partial charge >= 0.3 is 0 Å². The Morgan fingerprint density at radius 1 is 1.22 bits per heavy atom. The Kier molecular flexibility index (Phi) is 6.84. The van der Waals surface area contributed by atoms with Crippen LogP contribution in [0.1, 0.15) is 29.8 Å². The third kappa shape index (κ3) is 5.07. The summed E-state index contributed by atoms with van der Waals surface area (Å²) in [7, 11) is 0. The standard InChI is InChI=1S/C19H31N5O3/c1-13-17(14(2)23-22-13)4-3-5-21-18(25)15-10-16(12-20-11-15)19(26)24-6-8-27-9-7-24/h15-16,20H,3-12H2,1-2H3,(H,21,25)(H,22,23)/t15-,16-/m1/s1. The quantitative estimate of drug-likeness (QED) is 0.614. The first-order valence-electron chi connectivity index (χ1n) is 9.91. The van der Waals surface area contributed by atoms with Gasteiger partial charge in [0.1, 0.15) is 0 Å². The van der Waals surface area contributed by atoms with Crippen LogP contribution in [0.5, 0.6) is 0 Å². The van der Waals surface area contributed by atoms with Gasteiger partial charge in [0.15, 0.2) is 0 Å². The van der Waals surface area contributed by atoms with E-state index < -0.39 is 0 Å².